The van der Waals surface area contributed by atoms with Crippen molar-refractivity contribution in [3.05, 3.63) is 65.7 Å². The normalized spacial score (nSPS) is 11.8. The lowest BCUT2D eigenvalue weighted by atomic mass is 9.76. The summed E-state index contributed by atoms with van der Waals surface area (Å²) in [5.41, 5.74) is 7.55. The van der Waals surface area contributed by atoms with Gasteiger partial charge in [0.25, 0.3) is 5.91 Å². The molecule has 0 bridgehead atoms. The highest BCUT2D eigenvalue weighted by molar-refractivity contribution is 5.79. The molecule has 0 spiro atoms. The molecule has 0 aromatic heterocycles. The summed E-state index contributed by atoms with van der Waals surface area (Å²) in [6.45, 7) is 5.71. The SMILES string of the molecule is CCC(CC)(CNC(=NC)NCc1cccc(OCC(N)=O)c1)c1ccccc1. The topological polar surface area (TPSA) is 88.7 Å². The van der Waals surface area contributed by atoms with Crippen LogP contribution in [0.15, 0.2) is 59.6 Å². The molecule has 0 unspecified atom stereocenters. The number of aliphatic imine (C=N–C) groups is 1. The number of nitrogens with two attached hydrogens (primary N) is 1. The molecule has 0 aliphatic heterocycles. The van der Waals surface area contributed by atoms with Gasteiger partial charge < -0.3 is 21.1 Å². The summed E-state index contributed by atoms with van der Waals surface area (Å²) in [5, 5.41) is 6.82. The van der Waals surface area contributed by atoms with Gasteiger partial charge in [-0.05, 0) is 36.1 Å². The Morgan fingerprint density at radius 2 is 1.79 bits per heavy atom. The van der Waals surface area contributed by atoms with Gasteiger partial charge in [-0.3, -0.25) is 9.79 Å². The number of primary amides is 1. The zero-order valence-corrected chi connectivity index (χ0v) is 17.6. The fraction of sp³-hybridized carbons (Fsp3) is 0.391. The number of carbonyl (C=O) groups excluding carboxylic acids is 1. The van der Waals surface area contributed by atoms with Crippen LogP contribution in [0.1, 0.15) is 37.8 Å². The number of rotatable bonds is 10. The molecular formula is C23H32N4O2. The number of guanidine groups is 1. The van der Waals surface area contributed by atoms with Gasteiger partial charge >= 0.3 is 0 Å². The van der Waals surface area contributed by atoms with Crippen LogP contribution in [-0.2, 0) is 16.8 Å². The van der Waals surface area contributed by atoms with Crippen LogP contribution in [0.2, 0.25) is 0 Å². The molecule has 6 nitrogen and oxygen atoms in total. The highest BCUT2D eigenvalue weighted by Crippen LogP contribution is 2.30. The van der Waals surface area contributed by atoms with E-state index in [1.807, 2.05) is 18.2 Å². The van der Waals surface area contributed by atoms with E-state index in [9.17, 15) is 4.79 Å². The Labute approximate surface area is 173 Å². The van der Waals surface area contributed by atoms with E-state index in [0.717, 1.165) is 30.9 Å². The maximum Gasteiger partial charge on any atom is 0.255 e. The molecule has 0 saturated carbocycles. The van der Waals surface area contributed by atoms with Gasteiger partial charge in [0, 0.05) is 25.6 Å². The molecule has 2 aromatic rings. The monoisotopic (exact) mass is 396 g/mol. The van der Waals surface area contributed by atoms with E-state index in [-0.39, 0.29) is 12.0 Å². The van der Waals surface area contributed by atoms with E-state index in [1.165, 1.54) is 5.56 Å². The lowest BCUT2D eigenvalue weighted by molar-refractivity contribution is -0.119. The molecular weight excluding hydrogens is 364 g/mol. The van der Waals surface area contributed by atoms with Crippen molar-refractivity contribution in [1.29, 1.82) is 0 Å². The number of benzene rings is 2. The lowest BCUT2D eigenvalue weighted by Gasteiger charge is -2.33. The van der Waals surface area contributed by atoms with Gasteiger partial charge in [0.1, 0.15) is 5.75 Å². The Balaban J connectivity index is 1.97. The van der Waals surface area contributed by atoms with Crippen molar-refractivity contribution in [3.8, 4) is 5.75 Å². The second-order valence-corrected chi connectivity index (χ2v) is 7.04. The fourth-order valence-corrected chi connectivity index (χ4v) is 3.36. The zero-order valence-electron chi connectivity index (χ0n) is 17.6. The van der Waals surface area contributed by atoms with Crippen LogP contribution in [-0.4, -0.2) is 32.1 Å². The highest BCUT2D eigenvalue weighted by Gasteiger charge is 2.28. The first-order valence-corrected chi connectivity index (χ1v) is 10.0. The molecule has 0 atom stereocenters. The molecule has 4 N–H and O–H groups in total. The number of nitrogens with one attached hydrogen (secondary N) is 2. The van der Waals surface area contributed by atoms with Crippen molar-refractivity contribution >= 4 is 11.9 Å². The highest BCUT2D eigenvalue weighted by atomic mass is 16.5. The first-order valence-electron chi connectivity index (χ1n) is 10.0. The van der Waals surface area contributed by atoms with Gasteiger partial charge in [0.15, 0.2) is 12.6 Å². The Morgan fingerprint density at radius 3 is 2.41 bits per heavy atom. The first kappa shape index (κ1) is 22.3. The smallest absolute Gasteiger partial charge is 0.255 e. The van der Waals surface area contributed by atoms with Crippen molar-refractivity contribution < 1.29 is 9.53 Å². The molecule has 1 amide bonds. The summed E-state index contributed by atoms with van der Waals surface area (Å²) < 4.78 is 5.36. The summed E-state index contributed by atoms with van der Waals surface area (Å²) in [6, 6.07) is 18.2. The molecule has 0 saturated heterocycles. The van der Waals surface area contributed by atoms with Gasteiger partial charge in [0.05, 0.1) is 0 Å². The summed E-state index contributed by atoms with van der Waals surface area (Å²) in [5.74, 6) is 0.869. The van der Waals surface area contributed by atoms with Crippen LogP contribution >= 0.6 is 0 Å². The molecule has 0 heterocycles. The predicted octanol–water partition coefficient (Wildman–Crippen LogP) is 2.97. The molecule has 0 aliphatic rings. The van der Waals surface area contributed by atoms with Gasteiger partial charge in [-0.15, -0.1) is 0 Å². The van der Waals surface area contributed by atoms with Gasteiger partial charge in [-0.1, -0.05) is 56.3 Å². The average molecular weight is 397 g/mol. The average Bonchev–Trinajstić information content (AvgIpc) is 2.76. The predicted molar refractivity (Wildman–Crippen MR) is 118 cm³/mol. The molecule has 2 aromatic carbocycles. The quantitative estimate of drug-likeness (QED) is 0.425. The van der Waals surface area contributed by atoms with Crippen molar-refractivity contribution in [2.75, 3.05) is 20.2 Å². The number of hydrogen-bond acceptors (Lipinski definition) is 3. The second-order valence-electron chi connectivity index (χ2n) is 7.04. The first-order chi connectivity index (χ1) is 14.0. The second kappa shape index (κ2) is 11.1. The molecule has 2 rings (SSSR count). The molecule has 0 fully saturated rings. The standard InChI is InChI=1S/C23H32N4O2/c1-4-23(5-2,19-11-7-6-8-12-19)17-27-22(25-3)26-15-18-10-9-13-20(14-18)29-16-21(24)28/h6-14H,4-5,15-17H2,1-3H3,(H2,24,28)(H2,25,26,27). The van der Waals surface area contributed by atoms with Crippen molar-refractivity contribution in [2.24, 2.45) is 10.7 Å². The van der Waals surface area contributed by atoms with E-state index in [4.69, 9.17) is 10.5 Å². The third kappa shape index (κ3) is 6.52. The number of ether oxygens (including phenoxy) is 1. The summed E-state index contributed by atoms with van der Waals surface area (Å²) >= 11 is 0. The Hall–Kier alpha value is -3.02. The third-order valence-electron chi connectivity index (χ3n) is 5.30. The number of carbonyl (C=O) groups is 1. The minimum absolute atomic E-state index is 0.0569. The molecule has 6 heteroatoms. The van der Waals surface area contributed by atoms with Crippen LogP contribution in [0, 0.1) is 0 Å². The maximum absolute atomic E-state index is 10.9. The Morgan fingerprint density at radius 1 is 1.07 bits per heavy atom. The zero-order chi connectivity index (χ0) is 21.1. The Bertz CT molecular complexity index is 802. The fourth-order valence-electron chi connectivity index (χ4n) is 3.36. The number of hydrogen-bond donors (Lipinski definition) is 3. The summed E-state index contributed by atoms with van der Waals surface area (Å²) in [6.07, 6.45) is 2.08. The summed E-state index contributed by atoms with van der Waals surface area (Å²) in [7, 11) is 1.77. The van der Waals surface area contributed by atoms with Crippen molar-refractivity contribution in [3.63, 3.8) is 0 Å². The van der Waals surface area contributed by atoms with E-state index < -0.39 is 5.91 Å². The maximum atomic E-state index is 10.9. The van der Waals surface area contributed by atoms with Crippen molar-refractivity contribution in [1.82, 2.24) is 10.6 Å². The molecule has 29 heavy (non-hydrogen) atoms. The van der Waals surface area contributed by atoms with E-state index in [2.05, 4.69) is 59.8 Å². The van der Waals surface area contributed by atoms with Crippen LogP contribution in [0.3, 0.4) is 0 Å². The van der Waals surface area contributed by atoms with Gasteiger partial charge in [-0.25, -0.2) is 0 Å². The molecule has 0 aliphatic carbocycles. The van der Waals surface area contributed by atoms with E-state index in [0.29, 0.717) is 12.3 Å². The van der Waals surface area contributed by atoms with Crippen LogP contribution in [0.25, 0.3) is 0 Å². The van der Waals surface area contributed by atoms with Gasteiger partial charge in [0.2, 0.25) is 0 Å². The number of nitrogens with zero attached hydrogens (tertiary/aromatic N) is 1. The molecule has 156 valence electrons. The summed E-state index contributed by atoms with van der Waals surface area (Å²) in [4.78, 5) is 15.2. The Kier molecular flexibility index (Phi) is 8.52. The minimum Gasteiger partial charge on any atom is -0.484 e. The van der Waals surface area contributed by atoms with E-state index >= 15 is 0 Å². The van der Waals surface area contributed by atoms with E-state index in [1.54, 1.807) is 13.1 Å². The van der Waals surface area contributed by atoms with Crippen molar-refractivity contribution in [2.45, 2.75) is 38.6 Å². The van der Waals surface area contributed by atoms with Crippen LogP contribution in [0.5, 0.6) is 5.75 Å². The lowest BCUT2D eigenvalue weighted by Crippen LogP contribution is -2.45. The number of amides is 1. The van der Waals surface area contributed by atoms with Crippen LogP contribution < -0.4 is 21.1 Å². The largest absolute Gasteiger partial charge is 0.484 e. The minimum atomic E-state index is -0.494. The molecule has 0 radical (unpaired) electrons. The van der Waals surface area contributed by atoms with Crippen LogP contribution in [0.4, 0.5) is 0 Å². The third-order valence-corrected chi connectivity index (χ3v) is 5.30. The van der Waals surface area contributed by atoms with Gasteiger partial charge in [-0.2, -0.15) is 0 Å².